The lowest BCUT2D eigenvalue weighted by Crippen LogP contribution is -2.51. The molecule has 2 N–H and O–H groups in total. The van der Waals surface area contributed by atoms with E-state index in [-0.39, 0.29) is 6.10 Å². The van der Waals surface area contributed by atoms with Crippen LogP contribution in [0, 0.1) is 0 Å². The SMILES string of the molecule is c1coc(CCNC(=NCC2CCCO2)NC2CCN(C3CCCCC3)CC2)c1. The van der Waals surface area contributed by atoms with E-state index in [9.17, 15) is 0 Å². The van der Waals surface area contributed by atoms with Crippen molar-refractivity contribution in [3.63, 3.8) is 0 Å². The van der Waals surface area contributed by atoms with Crippen molar-refractivity contribution < 1.29 is 9.15 Å². The van der Waals surface area contributed by atoms with Crippen LogP contribution in [0.2, 0.25) is 0 Å². The van der Waals surface area contributed by atoms with E-state index in [1.807, 2.05) is 12.1 Å². The predicted molar refractivity (Wildman–Crippen MR) is 116 cm³/mol. The molecule has 1 atom stereocenters. The zero-order valence-corrected chi connectivity index (χ0v) is 17.8. The van der Waals surface area contributed by atoms with Gasteiger partial charge in [-0.1, -0.05) is 19.3 Å². The van der Waals surface area contributed by atoms with Gasteiger partial charge >= 0.3 is 0 Å². The summed E-state index contributed by atoms with van der Waals surface area (Å²) in [4.78, 5) is 7.59. The number of nitrogens with one attached hydrogen (secondary N) is 2. The summed E-state index contributed by atoms with van der Waals surface area (Å²) in [6.07, 6.45) is 14.7. The molecule has 3 aliphatic rings. The minimum atomic E-state index is 0.284. The number of aliphatic imine (C=N–C) groups is 1. The van der Waals surface area contributed by atoms with E-state index in [4.69, 9.17) is 14.1 Å². The molecule has 6 nitrogen and oxygen atoms in total. The molecule has 0 amide bonds. The van der Waals surface area contributed by atoms with Crippen LogP contribution in [0.4, 0.5) is 0 Å². The fourth-order valence-electron chi connectivity index (χ4n) is 4.94. The summed E-state index contributed by atoms with van der Waals surface area (Å²) in [5.74, 6) is 1.94. The molecule has 0 aromatic carbocycles. The zero-order valence-electron chi connectivity index (χ0n) is 17.8. The maximum Gasteiger partial charge on any atom is 0.191 e. The van der Waals surface area contributed by atoms with Gasteiger partial charge in [-0.3, -0.25) is 4.99 Å². The molecule has 3 fully saturated rings. The first-order chi connectivity index (χ1) is 14.4. The molecule has 1 unspecified atom stereocenters. The molecule has 0 spiro atoms. The first kappa shape index (κ1) is 20.7. The van der Waals surface area contributed by atoms with Gasteiger partial charge in [-0.05, 0) is 50.7 Å². The van der Waals surface area contributed by atoms with Crippen LogP contribution in [-0.4, -0.2) is 61.8 Å². The number of guanidine groups is 1. The van der Waals surface area contributed by atoms with Gasteiger partial charge in [0.2, 0.25) is 0 Å². The van der Waals surface area contributed by atoms with E-state index in [0.29, 0.717) is 6.04 Å². The first-order valence-electron chi connectivity index (χ1n) is 11.8. The summed E-state index contributed by atoms with van der Waals surface area (Å²) in [7, 11) is 0. The largest absolute Gasteiger partial charge is 0.469 e. The average Bonchev–Trinajstić information content (AvgIpc) is 3.47. The van der Waals surface area contributed by atoms with Crippen molar-refractivity contribution in [2.24, 2.45) is 4.99 Å². The van der Waals surface area contributed by atoms with E-state index < -0.39 is 0 Å². The maximum atomic E-state index is 5.75. The van der Waals surface area contributed by atoms with Gasteiger partial charge in [-0.2, -0.15) is 0 Å². The smallest absolute Gasteiger partial charge is 0.191 e. The standard InChI is InChI=1S/C23H38N4O2/c1-2-6-20(7-3-1)27-14-11-19(12-15-27)26-23(25-18-22-9-5-17-29-22)24-13-10-21-8-4-16-28-21/h4,8,16,19-20,22H,1-3,5-7,9-15,17-18H2,(H2,24,25,26). The highest BCUT2D eigenvalue weighted by Gasteiger charge is 2.26. The Labute approximate surface area is 175 Å². The molecule has 1 aromatic rings. The molecule has 1 aliphatic carbocycles. The maximum absolute atomic E-state index is 5.75. The summed E-state index contributed by atoms with van der Waals surface area (Å²) in [5.41, 5.74) is 0. The van der Waals surface area contributed by atoms with Gasteiger partial charge < -0.3 is 24.7 Å². The highest BCUT2D eigenvalue weighted by Crippen LogP contribution is 2.25. The third-order valence-corrected chi connectivity index (χ3v) is 6.68. The third kappa shape index (κ3) is 6.48. The van der Waals surface area contributed by atoms with Gasteiger partial charge in [-0.25, -0.2) is 0 Å². The number of piperidine rings is 1. The van der Waals surface area contributed by atoms with Crippen LogP contribution in [-0.2, 0) is 11.2 Å². The van der Waals surface area contributed by atoms with E-state index in [1.165, 1.54) is 58.0 Å². The summed E-state index contributed by atoms with van der Waals surface area (Å²) in [6.45, 7) is 4.89. The summed E-state index contributed by atoms with van der Waals surface area (Å²) < 4.78 is 11.2. The van der Waals surface area contributed by atoms with Crippen molar-refractivity contribution in [1.29, 1.82) is 0 Å². The Kier molecular flexibility index (Phi) is 7.88. The Morgan fingerprint density at radius 3 is 2.66 bits per heavy atom. The van der Waals surface area contributed by atoms with Crippen LogP contribution in [0.25, 0.3) is 0 Å². The third-order valence-electron chi connectivity index (χ3n) is 6.68. The Bertz CT molecular complexity index is 598. The van der Waals surface area contributed by atoms with Crippen LogP contribution < -0.4 is 10.6 Å². The highest BCUT2D eigenvalue weighted by atomic mass is 16.5. The number of nitrogens with zero attached hydrogens (tertiary/aromatic N) is 2. The second-order valence-corrected chi connectivity index (χ2v) is 8.83. The number of hydrogen-bond donors (Lipinski definition) is 2. The fourth-order valence-corrected chi connectivity index (χ4v) is 4.94. The molecule has 2 saturated heterocycles. The van der Waals surface area contributed by atoms with E-state index >= 15 is 0 Å². The first-order valence-corrected chi connectivity index (χ1v) is 11.8. The van der Waals surface area contributed by atoms with Gasteiger partial charge in [0.1, 0.15) is 5.76 Å². The van der Waals surface area contributed by atoms with E-state index in [2.05, 4.69) is 15.5 Å². The average molecular weight is 403 g/mol. The fraction of sp³-hybridized carbons (Fsp3) is 0.783. The van der Waals surface area contributed by atoms with Crippen LogP contribution in [0.1, 0.15) is 63.5 Å². The number of furan rings is 1. The molecular weight excluding hydrogens is 364 g/mol. The van der Waals surface area contributed by atoms with Crippen LogP contribution in [0.3, 0.4) is 0 Å². The molecule has 2 aliphatic heterocycles. The van der Waals surface area contributed by atoms with Crippen molar-refractivity contribution in [3.05, 3.63) is 24.2 Å². The van der Waals surface area contributed by atoms with Gasteiger partial charge in [0.25, 0.3) is 0 Å². The molecule has 29 heavy (non-hydrogen) atoms. The van der Waals surface area contributed by atoms with Crippen molar-refractivity contribution in [2.45, 2.75) is 82.4 Å². The van der Waals surface area contributed by atoms with Crippen molar-refractivity contribution in [3.8, 4) is 0 Å². The summed E-state index contributed by atoms with van der Waals surface area (Å²) in [6, 6.07) is 5.32. The molecule has 3 heterocycles. The molecule has 6 heteroatoms. The van der Waals surface area contributed by atoms with E-state index in [0.717, 1.165) is 56.7 Å². The Morgan fingerprint density at radius 1 is 1.07 bits per heavy atom. The molecule has 1 saturated carbocycles. The van der Waals surface area contributed by atoms with Gasteiger partial charge in [0, 0.05) is 44.7 Å². The Balaban J connectivity index is 1.25. The van der Waals surface area contributed by atoms with Crippen molar-refractivity contribution in [1.82, 2.24) is 15.5 Å². The Hall–Kier alpha value is -1.53. The monoisotopic (exact) mass is 402 g/mol. The number of ether oxygens (including phenoxy) is 1. The predicted octanol–water partition coefficient (Wildman–Crippen LogP) is 3.33. The molecule has 0 radical (unpaired) electrons. The molecule has 4 rings (SSSR count). The minimum absolute atomic E-state index is 0.284. The van der Waals surface area contributed by atoms with Crippen molar-refractivity contribution >= 4 is 5.96 Å². The van der Waals surface area contributed by atoms with E-state index in [1.54, 1.807) is 6.26 Å². The van der Waals surface area contributed by atoms with Gasteiger partial charge in [0.05, 0.1) is 18.9 Å². The molecular formula is C23H38N4O2. The molecule has 0 bridgehead atoms. The van der Waals surface area contributed by atoms with Crippen LogP contribution in [0.5, 0.6) is 0 Å². The number of rotatable bonds is 7. The lowest BCUT2D eigenvalue weighted by atomic mass is 9.92. The summed E-state index contributed by atoms with van der Waals surface area (Å²) in [5, 5.41) is 7.22. The number of hydrogen-bond acceptors (Lipinski definition) is 4. The zero-order chi connectivity index (χ0) is 19.7. The lowest BCUT2D eigenvalue weighted by molar-refractivity contribution is 0.116. The summed E-state index contributed by atoms with van der Waals surface area (Å²) >= 11 is 0. The molecule has 162 valence electrons. The molecule has 1 aromatic heterocycles. The lowest BCUT2D eigenvalue weighted by Gasteiger charge is -2.39. The van der Waals surface area contributed by atoms with Gasteiger partial charge in [0.15, 0.2) is 5.96 Å². The topological polar surface area (TPSA) is 62.0 Å². The van der Waals surface area contributed by atoms with Crippen LogP contribution >= 0.6 is 0 Å². The second-order valence-electron chi connectivity index (χ2n) is 8.83. The highest BCUT2D eigenvalue weighted by molar-refractivity contribution is 5.80. The van der Waals surface area contributed by atoms with Crippen molar-refractivity contribution in [2.75, 3.05) is 32.8 Å². The second kappa shape index (κ2) is 11.0. The van der Waals surface area contributed by atoms with Gasteiger partial charge in [-0.15, -0.1) is 0 Å². The van der Waals surface area contributed by atoms with Crippen LogP contribution in [0.15, 0.2) is 27.8 Å². The number of likely N-dealkylation sites (tertiary alicyclic amines) is 1. The normalized spacial score (nSPS) is 25.4. The Morgan fingerprint density at radius 2 is 1.93 bits per heavy atom. The quantitative estimate of drug-likeness (QED) is 0.541. The minimum Gasteiger partial charge on any atom is -0.469 e.